The van der Waals surface area contributed by atoms with Gasteiger partial charge in [-0.1, -0.05) is 18.1 Å². The lowest BCUT2D eigenvalue weighted by molar-refractivity contribution is -0.143. The van der Waals surface area contributed by atoms with Crippen molar-refractivity contribution in [2.75, 3.05) is 6.61 Å². The summed E-state index contributed by atoms with van der Waals surface area (Å²) >= 11 is 0. The maximum Gasteiger partial charge on any atom is 0.305 e. The molecular formula is C12H20O2. The molecule has 1 heterocycles. The monoisotopic (exact) mass is 196 g/mol. The quantitative estimate of drug-likeness (QED) is 0.439. The van der Waals surface area contributed by atoms with Gasteiger partial charge in [0.15, 0.2) is 0 Å². The van der Waals surface area contributed by atoms with Gasteiger partial charge in [-0.2, -0.15) is 0 Å². The van der Waals surface area contributed by atoms with Gasteiger partial charge >= 0.3 is 5.97 Å². The van der Waals surface area contributed by atoms with Crippen molar-refractivity contribution in [3.05, 3.63) is 11.6 Å². The fourth-order valence-electron chi connectivity index (χ4n) is 1.64. The summed E-state index contributed by atoms with van der Waals surface area (Å²) in [6, 6.07) is 0. The highest BCUT2D eigenvalue weighted by Crippen LogP contribution is 2.12. The first-order chi connectivity index (χ1) is 6.79. The van der Waals surface area contributed by atoms with Gasteiger partial charge in [-0.15, -0.1) is 0 Å². The summed E-state index contributed by atoms with van der Waals surface area (Å²) in [5, 5.41) is 0. The van der Waals surface area contributed by atoms with Gasteiger partial charge in [0.05, 0.1) is 6.61 Å². The molecule has 80 valence electrons. The second-order valence-corrected chi connectivity index (χ2v) is 3.97. The second kappa shape index (κ2) is 6.63. The molecule has 0 N–H and O–H groups in total. The van der Waals surface area contributed by atoms with Crippen molar-refractivity contribution in [3.63, 3.8) is 0 Å². The van der Waals surface area contributed by atoms with Crippen molar-refractivity contribution in [1.82, 2.24) is 0 Å². The van der Waals surface area contributed by atoms with E-state index in [1.807, 2.05) is 0 Å². The number of hydrogen-bond donors (Lipinski definition) is 0. The van der Waals surface area contributed by atoms with Gasteiger partial charge in [0, 0.05) is 6.42 Å². The Hall–Kier alpha value is -0.790. The number of carbonyl (C=O) groups excluding carboxylic acids is 1. The van der Waals surface area contributed by atoms with Crippen LogP contribution in [-0.4, -0.2) is 12.6 Å². The Labute approximate surface area is 86.3 Å². The lowest BCUT2D eigenvalue weighted by atomic mass is 10.1. The Morgan fingerprint density at radius 2 is 1.93 bits per heavy atom. The average Bonchev–Trinajstić information content (AvgIpc) is 2.14. The predicted octanol–water partition coefficient (Wildman–Crippen LogP) is 3.22. The van der Waals surface area contributed by atoms with Gasteiger partial charge in [0.2, 0.25) is 0 Å². The standard InChI is InChI=1S/C12H20O2/c1-11-7-3-2-4-9-12(13)14-10-6-5-8-11/h8H,2-7,9-10H2,1H3/b11-8-. The summed E-state index contributed by atoms with van der Waals surface area (Å²) < 4.78 is 5.08. The van der Waals surface area contributed by atoms with Gasteiger partial charge in [0.1, 0.15) is 0 Å². The topological polar surface area (TPSA) is 26.3 Å². The first-order valence-electron chi connectivity index (χ1n) is 5.60. The molecule has 2 nitrogen and oxygen atoms in total. The molecule has 1 rings (SSSR count). The summed E-state index contributed by atoms with van der Waals surface area (Å²) in [5.41, 5.74) is 1.48. The molecule has 0 amide bonds. The Morgan fingerprint density at radius 1 is 1.14 bits per heavy atom. The molecule has 0 unspecified atom stereocenters. The molecule has 2 heteroatoms. The molecule has 0 aromatic carbocycles. The number of hydrogen-bond acceptors (Lipinski definition) is 2. The molecule has 0 spiro atoms. The van der Waals surface area contributed by atoms with Crippen molar-refractivity contribution < 1.29 is 9.53 Å². The number of carbonyl (C=O) groups is 1. The zero-order valence-corrected chi connectivity index (χ0v) is 9.05. The highest BCUT2D eigenvalue weighted by Gasteiger charge is 2.03. The van der Waals surface area contributed by atoms with E-state index in [0.29, 0.717) is 13.0 Å². The van der Waals surface area contributed by atoms with Crippen LogP contribution in [-0.2, 0) is 9.53 Å². The third kappa shape index (κ3) is 5.05. The van der Waals surface area contributed by atoms with Crippen LogP contribution in [0.25, 0.3) is 0 Å². The molecule has 0 radical (unpaired) electrons. The molecule has 0 saturated heterocycles. The van der Waals surface area contributed by atoms with E-state index >= 15 is 0 Å². The number of cyclic esters (lactones) is 1. The number of ether oxygens (including phenoxy) is 1. The van der Waals surface area contributed by atoms with Gasteiger partial charge in [-0.05, 0) is 39.0 Å². The van der Waals surface area contributed by atoms with Gasteiger partial charge in [-0.25, -0.2) is 0 Å². The molecule has 0 saturated carbocycles. The molecule has 14 heavy (non-hydrogen) atoms. The Morgan fingerprint density at radius 3 is 2.79 bits per heavy atom. The van der Waals surface area contributed by atoms with Crippen LogP contribution >= 0.6 is 0 Å². The minimum Gasteiger partial charge on any atom is -0.466 e. The Balaban J connectivity index is 2.33. The van der Waals surface area contributed by atoms with E-state index in [0.717, 1.165) is 25.7 Å². The van der Waals surface area contributed by atoms with Crippen molar-refractivity contribution >= 4 is 5.97 Å². The first-order valence-corrected chi connectivity index (χ1v) is 5.60. The highest BCUT2D eigenvalue weighted by molar-refractivity contribution is 5.69. The van der Waals surface area contributed by atoms with E-state index in [9.17, 15) is 4.79 Å². The normalized spacial score (nSPS) is 25.2. The third-order valence-electron chi connectivity index (χ3n) is 2.56. The molecule has 1 aliphatic rings. The second-order valence-electron chi connectivity index (χ2n) is 3.97. The van der Waals surface area contributed by atoms with Crippen molar-refractivity contribution in [2.24, 2.45) is 0 Å². The first kappa shape index (κ1) is 11.3. The molecule has 1 aliphatic heterocycles. The molecule has 0 aromatic rings. The van der Waals surface area contributed by atoms with Crippen LogP contribution in [0.15, 0.2) is 11.6 Å². The zero-order chi connectivity index (χ0) is 10.2. The highest BCUT2D eigenvalue weighted by atomic mass is 16.5. The number of rotatable bonds is 0. The largest absolute Gasteiger partial charge is 0.466 e. The van der Waals surface area contributed by atoms with Crippen LogP contribution < -0.4 is 0 Å². The minimum absolute atomic E-state index is 0.0220. The van der Waals surface area contributed by atoms with E-state index in [1.54, 1.807) is 0 Å². The van der Waals surface area contributed by atoms with Crippen LogP contribution in [0.4, 0.5) is 0 Å². The maximum absolute atomic E-state index is 11.1. The lowest BCUT2D eigenvalue weighted by Gasteiger charge is -2.07. The third-order valence-corrected chi connectivity index (χ3v) is 2.56. The van der Waals surface area contributed by atoms with Gasteiger partial charge < -0.3 is 4.74 Å². The number of allylic oxidation sites excluding steroid dienone is 2. The summed E-state index contributed by atoms with van der Waals surface area (Å²) in [6.45, 7) is 2.78. The molecule has 0 fully saturated rings. The van der Waals surface area contributed by atoms with Crippen LogP contribution in [0.2, 0.25) is 0 Å². The Kier molecular flexibility index (Phi) is 5.35. The summed E-state index contributed by atoms with van der Waals surface area (Å²) in [4.78, 5) is 11.1. The molecule has 0 bridgehead atoms. The fraction of sp³-hybridized carbons (Fsp3) is 0.750. The van der Waals surface area contributed by atoms with Crippen LogP contribution in [0.3, 0.4) is 0 Å². The summed E-state index contributed by atoms with van der Waals surface area (Å²) in [7, 11) is 0. The van der Waals surface area contributed by atoms with E-state index < -0.39 is 0 Å². The molecule has 0 aliphatic carbocycles. The minimum atomic E-state index is -0.0220. The smallest absolute Gasteiger partial charge is 0.305 e. The Bertz CT molecular complexity index is 206. The SMILES string of the molecule is C/C1=C/CCCOC(=O)CCCCC1. The van der Waals surface area contributed by atoms with Gasteiger partial charge in [-0.3, -0.25) is 4.79 Å². The fourth-order valence-corrected chi connectivity index (χ4v) is 1.64. The number of esters is 1. The van der Waals surface area contributed by atoms with E-state index in [1.165, 1.54) is 18.4 Å². The average molecular weight is 196 g/mol. The van der Waals surface area contributed by atoms with Crippen LogP contribution in [0, 0.1) is 0 Å². The van der Waals surface area contributed by atoms with Crippen molar-refractivity contribution in [3.8, 4) is 0 Å². The molecule has 0 atom stereocenters. The van der Waals surface area contributed by atoms with E-state index in [4.69, 9.17) is 4.74 Å². The van der Waals surface area contributed by atoms with Crippen molar-refractivity contribution in [2.45, 2.75) is 51.9 Å². The van der Waals surface area contributed by atoms with Gasteiger partial charge in [0.25, 0.3) is 0 Å². The van der Waals surface area contributed by atoms with E-state index in [2.05, 4.69) is 13.0 Å². The van der Waals surface area contributed by atoms with Crippen LogP contribution in [0.5, 0.6) is 0 Å². The van der Waals surface area contributed by atoms with Crippen molar-refractivity contribution in [1.29, 1.82) is 0 Å². The zero-order valence-electron chi connectivity index (χ0n) is 9.05. The lowest BCUT2D eigenvalue weighted by Crippen LogP contribution is -2.05. The summed E-state index contributed by atoms with van der Waals surface area (Å²) in [5.74, 6) is -0.0220. The molecular weight excluding hydrogens is 176 g/mol. The van der Waals surface area contributed by atoms with Crippen LogP contribution in [0.1, 0.15) is 51.9 Å². The molecule has 0 aromatic heterocycles. The maximum atomic E-state index is 11.1. The summed E-state index contributed by atoms with van der Waals surface area (Å²) in [6.07, 6.45) is 9.39. The predicted molar refractivity (Wildman–Crippen MR) is 57.0 cm³/mol. The van der Waals surface area contributed by atoms with E-state index in [-0.39, 0.29) is 5.97 Å².